The Balaban J connectivity index is 1.61. The first kappa shape index (κ1) is 23.7. The molecule has 32 heavy (non-hydrogen) atoms. The van der Waals surface area contributed by atoms with Crippen molar-refractivity contribution in [2.75, 3.05) is 42.9 Å². The van der Waals surface area contributed by atoms with E-state index in [1.165, 1.54) is 12.1 Å². The Morgan fingerprint density at radius 1 is 1.28 bits per heavy atom. The number of nitrogens with zero attached hydrogens (tertiary/aromatic N) is 4. The number of carbonyl (C=O) groups is 1. The smallest absolute Gasteiger partial charge is 0.354 e. The van der Waals surface area contributed by atoms with Gasteiger partial charge < -0.3 is 10.2 Å². The molecule has 1 saturated heterocycles. The highest BCUT2D eigenvalue weighted by molar-refractivity contribution is 6.33. The summed E-state index contributed by atoms with van der Waals surface area (Å²) < 4.78 is 38.5. The van der Waals surface area contributed by atoms with Crippen LogP contribution in [0.15, 0.2) is 30.5 Å². The normalized spacial score (nSPS) is 15.3. The Kier molecular flexibility index (Phi) is 7.19. The van der Waals surface area contributed by atoms with Crippen LogP contribution < -0.4 is 10.2 Å². The van der Waals surface area contributed by atoms with Gasteiger partial charge in [0.1, 0.15) is 5.82 Å². The van der Waals surface area contributed by atoms with Gasteiger partial charge in [0.25, 0.3) is 5.69 Å². The highest BCUT2D eigenvalue weighted by Gasteiger charge is 2.32. The molecule has 1 N–H and O–H groups in total. The molecular weight excluding hydrogens is 451 g/mol. The summed E-state index contributed by atoms with van der Waals surface area (Å²) in [5.74, 6) is -0.0362. The zero-order valence-electron chi connectivity index (χ0n) is 17.2. The van der Waals surface area contributed by atoms with Crippen LogP contribution in [-0.2, 0) is 11.0 Å². The second kappa shape index (κ2) is 9.70. The predicted molar refractivity (Wildman–Crippen MR) is 114 cm³/mol. The maximum absolute atomic E-state index is 12.8. The molecule has 2 heterocycles. The zero-order chi connectivity index (χ0) is 23.5. The SMILES string of the molecule is Cc1c(NC(=O)CN2CCCN(c3ncc(C(F)(F)F)cc3Cl)CC2)cccc1[N+](=O)[O-]. The van der Waals surface area contributed by atoms with Gasteiger partial charge in [-0.2, -0.15) is 13.2 Å². The first-order valence-electron chi connectivity index (χ1n) is 9.80. The largest absolute Gasteiger partial charge is 0.417 e. The third-order valence-electron chi connectivity index (χ3n) is 5.18. The maximum Gasteiger partial charge on any atom is 0.417 e. The van der Waals surface area contributed by atoms with Crippen molar-refractivity contribution in [1.82, 2.24) is 9.88 Å². The van der Waals surface area contributed by atoms with Gasteiger partial charge in [0.15, 0.2) is 0 Å². The lowest BCUT2D eigenvalue weighted by atomic mass is 10.1. The van der Waals surface area contributed by atoms with Crippen molar-refractivity contribution in [2.45, 2.75) is 19.5 Å². The van der Waals surface area contributed by atoms with Crippen molar-refractivity contribution in [3.8, 4) is 0 Å². The van der Waals surface area contributed by atoms with E-state index in [9.17, 15) is 28.1 Å². The lowest BCUT2D eigenvalue weighted by molar-refractivity contribution is -0.385. The van der Waals surface area contributed by atoms with E-state index in [0.717, 1.165) is 12.3 Å². The summed E-state index contributed by atoms with van der Waals surface area (Å²) in [5, 5.41) is 13.7. The molecule has 0 spiro atoms. The molecule has 1 aromatic carbocycles. The number of nitro groups is 1. The standard InChI is InChI=1S/C20H21ClF3N5O3/c1-13-16(4-2-5-17(13)29(31)32)26-18(30)12-27-6-3-7-28(9-8-27)19-15(21)10-14(11-25-19)20(22,23)24/h2,4-5,10-11H,3,6-9,12H2,1H3,(H,26,30). The number of carbonyl (C=O) groups excluding carboxylic acids is 1. The molecule has 0 saturated carbocycles. The van der Waals surface area contributed by atoms with E-state index >= 15 is 0 Å². The number of nitro benzene ring substituents is 1. The van der Waals surface area contributed by atoms with Crippen molar-refractivity contribution in [3.63, 3.8) is 0 Å². The number of anilines is 2. The molecule has 1 aliphatic rings. The number of aromatic nitrogens is 1. The number of hydrogen-bond acceptors (Lipinski definition) is 6. The molecule has 3 rings (SSSR count). The van der Waals surface area contributed by atoms with E-state index in [2.05, 4.69) is 10.3 Å². The van der Waals surface area contributed by atoms with E-state index in [1.807, 2.05) is 4.90 Å². The summed E-state index contributed by atoms with van der Waals surface area (Å²) in [6.07, 6.45) is -3.10. The van der Waals surface area contributed by atoms with Gasteiger partial charge in [-0.15, -0.1) is 0 Å². The Hall–Kier alpha value is -2.92. The van der Waals surface area contributed by atoms with E-state index in [4.69, 9.17) is 11.6 Å². The summed E-state index contributed by atoms with van der Waals surface area (Å²) in [7, 11) is 0. The second-order valence-corrected chi connectivity index (χ2v) is 7.81. The van der Waals surface area contributed by atoms with E-state index < -0.39 is 16.7 Å². The van der Waals surface area contributed by atoms with Gasteiger partial charge in [0.2, 0.25) is 5.91 Å². The molecule has 1 aromatic heterocycles. The van der Waals surface area contributed by atoms with Crippen LogP contribution in [0.25, 0.3) is 0 Å². The van der Waals surface area contributed by atoms with Crippen molar-refractivity contribution in [2.24, 2.45) is 0 Å². The number of alkyl halides is 3. The molecule has 172 valence electrons. The van der Waals surface area contributed by atoms with E-state index in [0.29, 0.717) is 43.9 Å². The minimum atomic E-state index is -4.52. The number of benzene rings is 1. The topological polar surface area (TPSA) is 91.6 Å². The first-order valence-corrected chi connectivity index (χ1v) is 10.2. The lowest BCUT2D eigenvalue weighted by Crippen LogP contribution is -2.36. The first-order chi connectivity index (χ1) is 15.1. The molecule has 1 aliphatic heterocycles. The maximum atomic E-state index is 12.8. The molecule has 0 bridgehead atoms. The van der Waals surface area contributed by atoms with Gasteiger partial charge in [0, 0.05) is 38.4 Å². The monoisotopic (exact) mass is 471 g/mol. The molecule has 8 nitrogen and oxygen atoms in total. The molecule has 2 aromatic rings. The summed E-state index contributed by atoms with van der Waals surface area (Å²) in [5.41, 5.74) is -0.234. The lowest BCUT2D eigenvalue weighted by Gasteiger charge is -2.24. The van der Waals surface area contributed by atoms with Gasteiger partial charge in [-0.25, -0.2) is 4.98 Å². The number of hydrogen-bond donors (Lipinski definition) is 1. The number of amides is 1. The highest BCUT2D eigenvalue weighted by Crippen LogP contribution is 2.33. The van der Waals surface area contributed by atoms with Crippen molar-refractivity contribution < 1.29 is 22.9 Å². The Morgan fingerprint density at radius 3 is 2.69 bits per heavy atom. The third kappa shape index (κ3) is 5.65. The fourth-order valence-electron chi connectivity index (χ4n) is 3.51. The Labute approximate surface area is 187 Å². The quantitative estimate of drug-likeness (QED) is 0.521. The summed E-state index contributed by atoms with van der Waals surface area (Å²) in [4.78, 5) is 30.7. The van der Waals surface area contributed by atoms with Crippen molar-refractivity contribution in [3.05, 3.63) is 56.7 Å². The summed E-state index contributed by atoms with van der Waals surface area (Å²) in [6, 6.07) is 5.34. The van der Waals surface area contributed by atoms with Gasteiger partial charge in [-0.3, -0.25) is 19.8 Å². The van der Waals surface area contributed by atoms with Crippen molar-refractivity contribution in [1.29, 1.82) is 0 Å². The van der Waals surface area contributed by atoms with Gasteiger partial charge in [-0.1, -0.05) is 17.7 Å². The highest BCUT2D eigenvalue weighted by atomic mass is 35.5. The Bertz CT molecular complexity index is 1020. The predicted octanol–water partition coefficient (Wildman–Crippen LogP) is 4.12. The second-order valence-electron chi connectivity index (χ2n) is 7.40. The molecule has 0 radical (unpaired) electrons. The van der Waals surface area contributed by atoms with Crippen LogP contribution in [0.3, 0.4) is 0 Å². The minimum absolute atomic E-state index is 0.0736. The zero-order valence-corrected chi connectivity index (χ0v) is 17.9. The molecule has 0 unspecified atom stereocenters. The fraction of sp³-hybridized carbons (Fsp3) is 0.400. The molecule has 0 aliphatic carbocycles. The summed E-state index contributed by atoms with van der Waals surface area (Å²) in [6.45, 7) is 3.67. The number of halogens is 4. The van der Waals surface area contributed by atoms with Crippen LogP contribution in [-0.4, -0.2) is 53.4 Å². The van der Waals surface area contributed by atoms with Crippen LogP contribution >= 0.6 is 11.6 Å². The number of pyridine rings is 1. The van der Waals surface area contributed by atoms with Crippen molar-refractivity contribution >= 4 is 34.7 Å². The van der Waals surface area contributed by atoms with Gasteiger partial charge >= 0.3 is 6.18 Å². The average molecular weight is 472 g/mol. The van der Waals surface area contributed by atoms with Gasteiger partial charge in [0.05, 0.1) is 33.3 Å². The molecule has 12 heteroatoms. The fourth-order valence-corrected chi connectivity index (χ4v) is 3.79. The van der Waals surface area contributed by atoms with Crippen LogP contribution in [0.1, 0.15) is 17.5 Å². The molecule has 0 atom stereocenters. The number of rotatable bonds is 5. The molecular formula is C20H21ClF3N5O3. The minimum Gasteiger partial charge on any atom is -0.354 e. The van der Waals surface area contributed by atoms with Crippen LogP contribution in [0, 0.1) is 17.0 Å². The van der Waals surface area contributed by atoms with Crippen LogP contribution in [0.5, 0.6) is 0 Å². The summed E-state index contributed by atoms with van der Waals surface area (Å²) >= 11 is 6.05. The number of nitrogens with one attached hydrogen (secondary N) is 1. The van der Waals surface area contributed by atoms with E-state index in [1.54, 1.807) is 17.9 Å². The average Bonchev–Trinajstić information content (AvgIpc) is 2.94. The van der Waals surface area contributed by atoms with E-state index in [-0.39, 0.29) is 29.0 Å². The van der Waals surface area contributed by atoms with Gasteiger partial charge in [-0.05, 0) is 25.5 Å². The Morgan fingerprint density at radius 2 is 2.03 bits per heavy atom. The van der Waals surface area contributed by atoms with Crippen LogP contribution in [0.4, 0.5) is 30.4 Å². The van der Waals surface area contributed by atoms with Crippen LogP contribution in [0.2, 0.25) is 5.02 Å². The third-order valence-corrected chi connectivity index (χ3v) is 5.46. The molecule has 1 amide bonds. The molecule has 1 fully saturated rings.